The minimum atomic E-state index is -0.109. The average molecular weight is 288 g/mol. The summed E-state index contributed by atoms with van der Waals surface area (Å²) >= 11 is 0. The Morgan fingerprint density at radius 3 is 2.15 bits per heavy atom. The molecule has 2 aliphatic heterocycles. The Hall–Kier alpha value is -0.810. The molecule has 0 saturated carbocycles. The molecule has 20 heavy (non-hydrogen) atoms. The summed E-state index contributed by atoms with van der Waals surface area (Å²) in [6.45, 7) is 10.5. The van der Waals surface area contributed by atoms with Crippen LogP contribution >= 0.6 is 0 Å². The lowest BCUT2D eigenvalue weighted by molar-refractivity contribution is 0.0730. The van der Waals surface area contributed by atoms with Crippen LogP contribution in [0.3, 0.4) is 0 Å². The van der Waals surface area contributed by atoms with Crippen molar-refractivity contribution in [3.05, 3.63) is 0 Å². The highest BCUT2D eigenvalue weighted by molar-refractivity contribution is 5.68. The van der Waals surface area contributed by atoms with Gasteiger partial charge >= 0.3 is 6.09 Å². The largest absolute Gasteiger partial charge is 0.445 e. The van der Waals surface area contributed by atoms with E-state index in [1.807, 2.05) is 25.7 Å². The van der Waals surface area contributed by atoms with E-state index in [2.05, 4.69) is 16.7 Å². The Balaban J connectivity index is 0.000000521. The summed E-state index contributed by atoms with van der Waals surface area (Å²) in [4.78, 5) is 15.6. The van der Waals surface area contributed by atoms with Gasteiger partial charge in [0.2, 0.25) is 0 Å². The monoisotopic (exact) mass is 288 g/mol. The fourth-order valence-electron chi connectivity index (χ4n) is 2.11. The second-order valence-electron chi connectivity index (χ2n) is 4.83. The predicted molar refractivity (Wildman–Crippen MR) is 82.1 cm³/mol. The second-order valence-corrected chi connectivity index (χ2v) is 4.83. The molecule has 0 spiro atoms. The van der Waals surface area contributed by atoms with Crippen LogP contribution in [-0.2, 0) is 9.47 Å². The first-order chi connectivity index (χ1) is 9.67. The van der Waals surface area contributed by atoms with Gasteiger partial charge < -0.3 is 19.3 Å². The summed E-state index contributed by atoms with van der Waals surface area (Å²) in [7, 11) is 3.74. The van der Waals surface area contributed by atoms with E-state index < -0.39 is 0 Å². The lowest BCUT2D eigenvalue weighted by Gasteiger charge is -2.18. The van der Waals surface area contributed by atoms with Gasteiger partial charge in [-0.3, -0.25) is 0 Å². The van der Waals surface area contributed by atoms with Crippen molar-refractivity contribution in [1.29, 1.82) is 0 Å². The van der Waals surface area contributed by atoms with E-state index in [0.717, 1.165) is 52.0 Å². The molecule has 1 amide bonds. The maximum atomic E-state index is 11.6. The van der Waals surface area contributed by atoms with Gasteiger partial charge in [0.25, 0.3) is 0 Å². The molecule has 5 heteroatoms. The van der Waals surface area contributed by atoms with Gasteiger partial charge in [-0.05, 0) is 33.2 Å². The SMILES string of the molecule is CC.CCOC.CN1CCC(OC(=O)N2CCCC2)C1. The van der Waals surface area contributed by atoms with Gasteiger partial charge in [-0.2, -0.15) is 0 Å². The van der Waals surface area contributed by atoms with E-state index in [4.69, 9.17) is 4.74 Å². The average Bonchev–Trinajstić information content (AvgIpc) is 3.13. The number of amides is 1. The minimum absolute atomic E-state index is 0.109. The zero-order valence-corrected chi connectivity index (χ0v) is 13.9. The molecule has 0 N–H and O–H groups in total. The Morgan fingerprint density at radius 1 is 1.20 bits per heavy atom. The van der Waals surface area contributed by atoms with Crippen LogP contribution in [0.15, 0.2) is 0 Å². The first kappa shape index (κ1) is 19.2. The predicted octanol–water partition coefficient (Wildman–Crippen LogP) is 2.60. The van der Waals surface area contributed by atoms with Crippen molar-refractivity contribution in [3.63, 3.8) is 0 Å². The van der Waals surface area contributed by atoms with Gasteiger partial charge in [-0.1, -0.05) is 13.8 Å². The van der Waals surface area contributed by atoms with Gasteiger partial charge in [-0.15, -0.1) is 0 Å². The number of rotatable bonds is 2. The van der Waals surface area contributed by atoms with Crippen LogP contribution in [0, 0.1) is 0 Å². The van der Waals surface area contributed by atoms with Crippen LogP contribution in [0.4, 0.5) is 4.79 Å². The molecule has 2 saturated heterocycles. The molecule has 0 bridgehead atoms. The van der Waals surface area contributed by atoms with Crippen molar-refractivity contribution in [2.75, 3.05) is 46.9 Å². The van der Waals surface area contributed by atoms with Gasteiger partial charge in [0, 0.05) is 39.9 Å². The van der Waals surface area contributed by atoms with E-state index in [0.29, 0.717) is 0 Å². The zero-order chi connectivity index (χ0) is 15.4. The van der Waals surface area contributed by atoms with E-state index in [9.17, 15) is 4.79 Å². The van der Waals surface area contributed by atoms with Crippen LogP contribution < -0.4 is 0 Å². The van der Waals surface area contributed by atoms with Crippen molar-refractivity contribution < 1.29 is 14.3 Å². The Bertz CT molecular complexity index is 241. The van der Waals surface area contributed by atoms with E-state index >= 15 is 0 Å². The molecule has 2 aliphatic rings. The highest BCUT2D eigenvalue weighted by Crippen LogP contribution is 2.14. The van der Waals surface area contributed by atoms with Crippen molar-refractivity contribution in [3.8, 4) is 0 Å². The molecular formula is C15H32N2O3. The number of ether oxygens (including phenoxy) is 2. The van der Waals surface area contributed by atoms with Crippen LogP contribution in [0.5, 0.6) is 0 Å². The molecular weight excluding hydrogens is 256 g/mol. The van der Waals surface area contributed by atoms with Gasteiger partial charge in [0.05, 0.1) is 0 Å². The quantitative estimate of drug-likeness (QED) is 0.783. The standard InChI is InChI=1S/C10H18N2O2.C3H8O.C2H6/c1-11-7-4-9(8-11)14-10(13)12-5-2-3-6-12;1-3-4-2;1-2/h9H,2-8H2,1H3;3H2,1-2H3;1-2H3. The van der Waals surface area contributed by atoms with Gasteiger partial charge in [0.1, 0.15) is 6.10 Å². The molecule has 0 aromatic heterocycles. The Kier molecular flexibility index (Phi) is 11.5. The number of likely N-dealkylation sites (tertiary alicyclic amines) is 2. The van der Waals surface area contributed by atoms with Crippen LogP contribution in [0.25, 0.3) is 0 Å². The van der Waals surface area contributed by atoms with E-state index in [1.165, 1.54) is 0 Å². The maximum Gasteiger partial charge on any atom is 0.410 e. The number of hydrogen-bond acceptors (Lipinski definition) is 4. The Morgan fingerprint density at radius 2 is 1.75 bits per heavy atom. The number of carbonyl (C=O) groups excluding carboxylic acids is 1. The Labute approximate surface area is 124 Å². The first-order valence-electron chi connectivity index (χ1n) is 7.80. The molecule has 120 valence electrons. The normalized spacial score (nSPS) is 21.6. The molecule has 2 rings (SSSR count). The molecule has 0 aromatic rings. The van der Waals surface area contributed by atoms with Crippen LogP contribution in [0.2, 0.25) is 0 Å². The smallest absolute Gasteiger partial charge is 0.410 e. The molecule has 5 nitrogen and oxygen atoms in total. The first-order valence-corrected chi connectivity index (χ1v) is 7.80. The number of carbonyl (C=O) groups is 1. The number of likely N-dealkylation sites (N-methyl/N-ethyl adjacent to an activating group) is 1. The molecule has 0 radical (unpaired) electrons. The third-order valence-corrected chi connectivity index (χ3v) is 3.27. The third-order valence-electron chi connectivity index (χ3n) is 3.27. The van der Waals surface area contributed by atoms with Crippen LogP contribution in [-0.4, -0.2) is 68.9 Å². The summed E-state index contributed by atoms with van der Waals surface area (Å²) in [5.74, 6) is 0. The van der Waals surface area contributed by atoms with Gasteiger partial charge in [0.15, 0.2) is 0 Å². The summed E-state index contributed by atoms with van der Waals surface area (Å²) in [6.07, 6.45) is 3.24. The van der Waals surface area contributed by atoms with Crippen molar-refractivity contribution in [2.24, 2.45) is 0 Å². The summed E-state index contributed by atoms with van der Waals surface area (Å²) in [6, 6.07) is 0. The van der Waals surface area contributed by atoms with Crippen molar-refractivity contribution >= 4 is 6.09 Å². The lowest BCUT2D eigenvalue weighted by Crippen LogP contribution is -2.32. The minimum Gasteiger partial charge on any atom is -0.445 e. The number of methoxy groups -OCH3 is 1. The maximum absolute atomic E-state index is 11.6. The third kappa shape index (κ3) is 7.70. The molecule has 1 unspecified atom stereocenters. The van der Waals surface area contributed by atoms with Crippen molar-refractivity contribution in [1.82, 2.24) is 9.80 Å². The highest BCUT2D eigenvalue weighted by Gasteiger charge is 2.26. The summed E-state index contributed by atoms with van der Waals surface area (Å²) in [5.41, 5.74) is 0. The lowest BCUT2D eigenvalue weighted by atomic mass is 10.3. The number of nitrogens with zero attached hydrogens (tertiary/aromatic N) is 2. The fourth-order valence-corrected chi connectivity index (χ4v) is 2.11. The molecule has 2 heterocycles. The van der Waals surface area contributed by atoms with Crippen LogP contribution in [0.1, 0.15) is 40.0 Å². The van der Waals surface area contributed by atoms with E-state index in [-0.39, 0.29) is 12.2 Å². The molecule has 0 aromatic carbocycles. The topological polar surface area (TPSA) is 42.0 Å². The summed E-state index contributed by atoms with van der Waals surface area (Å²) < 4.78 is 9.95. The van der Waals surface area contributed by atoms with Crippen molar-refractivity contribution in [2.45, 2.75) is 46.1 Å². The number of hydrogen-bond donors (Lipinski definition) is 0. The molecule has 1 atom stereocenters. The van der Waals surface area contributed by atoms with Gasteiger partial charge in [-0.25, -0.2) is 4.79 Å². The molecule has 2 fully saturated rings. The fraction of sp³-hybridized carbons (Fsp3) is 0.933. The highest BCUT2D eigenvalue weighted by atomic mass is 16.6. The zero-order valence-electron chi connectivity index (χ0n) is 13.9. The summed E-state index contributed by atoms with van der Waals surface area (Å²) in [5, 5.41) is 0. The molecule has 0 aliphatic carbocycles. The second kappa shape index (κ2) is 12.0. The van der Waals surface area contributed by atoms with E-state index in [1.54, 1.807) is 7.11 Å².